The molecule has 2 nitrogen and oxygen atoms in total. The van der Waals surface area contributed by atoms with Gasteiger partial charge >= 0.3 is 0 Å². The van der Waals surface area contributed by atoms with E-state index in [0.29, 0.717) is 5.92 Å². The lowest BCUT2D eigenvalue weighted by Gasteiger charge is -2.25. The van der Waals surface area contributed by atoms with Crippen LogP contribution in [0.2, 0.25) is 0 Å². The molecule has 2 heteroatoms. The molecule has 2 rings (SSSR count). The van der Waals surface area contributed by atoms with Crippen LogP contribution in [0, 0.1) is 11.8 Å². The van der Waals surface area contributed by atoms with E-state index in [-0.39, 0.29) is 11.7 Å². The van der Waals surface area contributed by atoms with E-state index in [1.165, 1.54) is 5.56 Å². The van der Waals surface area contributed by atoms with Crippen molar-refractivity contribution in [2.75, 3.05) is 13.1 Å². The van der Waals surface area contributed by atoms with Crippen molar-refractivity contribution in [1.82, 2.24) is 5.32 Å². The third-order valence-electron chi connectivity index (χ3n) is 3.03. The van der Waals surface area contributed by atoms with Crippen LogP contribution in [0.5, 0.6) is 0 Å². The van der Waals surface area contributed by atoms with Gasteiger partial charge in [0.1, 0.15) is 0 Å². The van der Waals surface area contributed by atoms with Gasteiger partial charge in [-0.05, 0) is 17.9 Å². The Hall–Kier alpha value is -1.15. The van der Waals surface area contributed by atoms with Gasteiger partial charge in [0.15, 0.2) is 5.78 Å². The van der Waals surface area contributed by atoms with Crippen molar-refractivity contribution in [3.63, 3.8) is 0 Å². The van der Waals surface area contributed by atoms with E-state index in [4.69, 9.17) is 0 Å². The van der Waals surface area contributed by atoms with Crippen molar-refractivity contribution in [3.05, 3.63) is 35.4 Å². The standard InChI is InChI=1S/C14H19NO/c1-10(2)7-11-3-5-12(6-4-11)14(16)13-8-15-9-13/h3-6,10,13,15H,7-9H2,1-2H3. The summed E-state index contributed by atoms with van der Waals surface area (Å²) in [4.78, 5) is 11.9. The topological polar surface area (TPSA) is 29.1 Å². The van der Waals surface area contributed by atoms with Crippen LogP contribution in [-0.4, -0.2) is 18.9 Å². The molecule has 1 aromatic rings. The minimum absolute atomic E-state index is 0.205. The molecule has 0 bridgehead atoms. The molecule has 0 atom stereocenters. The summed E-state index contributed by atoms with van der Waals surface area (Å²) in [5.74, 6) is 1.16. The van der Waals surface area contributed by atoms with Crippen LogP contribution >= 0.6 is 0 Å². The molecule has 1 aromatic carbocycles. The Balaban J connectivity index is 2.03. The molecule has 1 heterocycles. The third-order valence-corrected chi connectivity index (χ3v) is 3.03. The summed E-state index contributed by atoms with van der Waals surface area (Å²) in [5, 5.41) is 3.13. The summed E-state index contributed by atoms with van der Waals surface area (Å²) < 4.78 is 0. The summed E-state index contributed by atoms with van der Waals surface area (Å²) >= 11 is 0. The number of hydrogen-bond acceptors (Lipinski definition) is 2. The van der Waals surface area contributed by atoms with Crippen molar-refractivity contribution >= 4 is 5.78 Å². The van der Waals surface area contributed by atoms with E-state index in [1.54, 1.807) is 0 Å². The van der Waals surface area contributed by atoms with Gasteiger partial charge in [0.05, 0.1) is 0 Å². The number of carbonyl (C=O) groups excluding carboxylic acids is 1. The number of Topliss-reactive ketones (excluding diaryl/α,β-unsaturated/α-hetero) is 1. The van der Waals surface area contributed by atoms with Crippen LogP contribution < -0.4 is 5.32 Å². The monoisotopic (exact) mass is 217 g/mol. The van der Waals surface area contributed by atoms with E-state index in [1.807, 2.05) is 12.1 Å². The van der Waals surface area contributed by atoms with Crippen molar-refractivity contribution in [2.24, 2.45) is 11.8 Å². The predicted octanol–water partition coefficient (Wildman–Crippen LogP) is 2.29. The fraction of sp³-hybridized carbons (Fsp3) is 0.500. The molecular weight excluding hydrogens is 198 g/mol. The molecule has 86 valence electrons. The highest BCUT2D eigenvalue weighted by Crippen LogP contribution is 2.15. The molecule has 0 aliphatic carbocycles. The molecule has 0 saturated carbocycles. The fourth-order valence-corrected chi connectivity index (χ4v) is 1.99. The molecule has 0 spiro atoms. The van der Waals surface area contributed by atoms with Gasteiger partial charge in [-0.2, -0.15) is 0 Å². The van der Waals surface area contributed by atoms with E-state index in [2.05, 4.69) is 31.3 Å². The molecule has 0 unspecified atom stereocenters. The Morgan fingerprint density at radius 1 is 1.31 bits per heavy atom. The molecule has 1 aliphatic rings. The Kier molecular flexibility index (Phi) is 3.39. The maximum absolute atomic E-state index is 11.9. The number of carbonyl (C=O) groups is 1. The average Bonchev–Trinajstić information content (AvgIpc) is 2.15. The van der Waals surface area contributed by atoms with Gasteiger partial charge in [-0.3, -0.25) is 4.79 Å². The minimum atomic E-state index is 0.205. The first kappa shape index (κ1) is 11.3. The second-order valence-electron chi connectivity index (χ2n) is 5.01. The van der Waals surface area contributed by atoms with E-state index < -0.39 is 0 Å². The molecule has 1 saturated heterocycles. The zero-order chi connectivity index (χ0) is 11.5. The zero-order valence-corrected chi connectivity index (χ0v) is 9.99. The Morgan fingerprint density at radius 3 is 2.38 bits per heavy atom. The lowest BCUT2D eigenvalue weighted by atomic mass is 9.92. The summed E-state index contributed by atoms with van der Waals surface area (Å²) in [6.07, 6.45) is 1.08. The van der Waals surface area contributed by atoms with Gasteiger partial charge in [0.25, 0.3) is 0 Å². The number of hydrogen-bond donors (Lipinski definition) is 1. The second kappa shape index (κ2) is 4.79. The van der Waals surface area contributed by atoms with Gasteiger partial charge in [-0.25, -0.2) is 0 Å². The number of benzene rings is 1. The Morgan fingerprint density at radius 2 is 1.94 bits per heavy atom. The van der Waals surface area contributed by atoms with Crippen molar-refractivity contribution in [3.8, 4) is 0 Å². The van der Waals surface area contributed by atoms with Crippen LogP contribution in [0.25, 0.3) is 0 Å². The summed E-state index contributed by atoms with van der Waals surface area (Å²) in [6, 6.07) is 8.11. The van der Waals surface area contributed by atoms with Gasteiger partial charge in [0.2, 0.25) is 0 Å². The van der Waals surface area contributed by atoms with Gasteiger partial charge in [0, 0.05) is 24.6 Å². The molecule has 0 radical (unpaired) electrons. The van der Waals surface area contributed by atoms with E-state index in [0.717, 1.165) is 25.1 Å². The highest BCUT2D eigenvalue weighted by atomic mass is 16.1. The maximum atomic E-state index is 11.9. The van der Waals surface area contributed by atoms with E-state index in [9.17, 15) is 4.79 Å². The molecular formula is C14H19NO. The first-order chi connectivity index (χ1) is 7.66. The molecule has 1 fully saturated rings. The molecule has 16 heavy (non-hydrogen) atoms. The quantitative estimate of drug-likeness (QED) is 0.784. The highest BCUT2D eigenvalue weighted by molar-refractivity contribution is 5.98. The minimum Gasteiger partial charge on any atom is -0.315 e. The van der Waals surface area contributed by atoms with Crippen LogP contribution in [0.4, 0.5) is 0 Å². The first-order valence-corrected chi connectivity index (χ1v) is 6.00. The van der Waals surface area contributed by atoms with Crippen LogP contribution in [0.15, 0.2) is 24.3 Å². The summed E-state index contributed by atoms with van der Waals surface area (Å²) in [6.45, 7) is 6.09. The molecule has 0 aromatic heterocycles. The van der Waals surface area contributed by atoms with E-state index >= 15 is 0 Å². The Bertz CT molecular complexity index is 363. The van der Waals surface area contributed by atoms with Crippen molar-refractivity contribution in [2.45, 2.75) is 20.3 Å². The summed E-state index contributed by atoms with van der Waals surface area (Å²) in [7, 11) is 0. The van der Waals surface area contributed by atoms with Gasteiger partial charge in [-0.15, -0.1) is 0 Å². The third kappa shape index (κ3) is 2.50. The molecule has 0 amide bonds. The molecule has 1 N–H and O–H groups in total. The smallest absolute Gasteiger partial charge is 0.168 e. The maximum Gasteiger partial charge on any atom is 0.168 e. The first-order valence-electron chi connectivity index (χ1n) is 6.00. The largest absolute Gasteiger partial charge is 0.315 e. The lowest BCUT2D eigenvalue weighted by Crippen LogP contribution is -2.46. The average molecular weight is 217 g/mol. The van der Waals surface area contributed by atoms with Crippen molar-refractivity contribution in [1.29, 1.82) is 0 Å². The lowest BCUT2D eigenvalue weighted by molar-refractivity contribution is 0.0878. The highest BCUT2D eigenvalue weighted by Gasteiger charge is 2.25. The normalized spacial score (nSPS) is 16.2. The zero-order valence-electron chi connectivity index (χ0n) is 9.99. The predicted molar refractivity (Wildman–Crippen MR) is 65.7 cm³/mol. The SMILES string of the molecule is CC(C)Cc1ccc(C(=O)C2CNC2)cc1. The van der Waals surface area contributed by atoms with Crippen LogP contribution in [0.1, 0.15) is 29.8 Å². The van der Waals surface area contributed by atoms with Crippen LogP contribution in [-0.2, 0) is 6.42 Å². The number of ketones is 1. The second-order valence-corrected chi connectivity index (χ2v) is 5.01. The van der Waals surface area contributed by atoms with Crippen molar-refractivity contribution < 1.29 is 4.79 Å². The van der Waals surface area contributed by atoms with Gasteiger partial charge in [-0.1, -0.05) is 38.1 Å². The fourth-order valence-electron chi connectivity index (χ4n) is 1.99. The van der Waals surface area contributed by atoms with Crippen LogP contribution in [0.3, 0.4) is 0 Å². The molecule has 1 aliphatic heterocycles. The summed E-state index contributed by atoms with van der Waals surface area (Å²) in [5.41, 5.74) is 2.18. The number of rotatable bonds is 4. The Labute approximate surface area is 97.1 Å². The van der Waals surface area contributed by atoms with Gasteiger partial charge < -0.3 is 5.32 Å². The number of nitrogens with one attached hydrogen (secondary N) is 1.